The molecule has 3 fully saturated rings. The molecule has 254 valence electrons. The highest BCUT2D eigenvalue weighted by atomic mass is 19.4. The number of anilines is 1. The van der Waals surface area contributed by atoms with Gasteiger partial charge in [0.25, 0.3) is 5.91 Å². The Kier molecular flexibility index (Phi) is 9.14. The summed E-state index contributed by atoms with van der Waals surface area (Å²) in [5.41, 5.74) is 15.8. The largest absolute Gasteiger partial charge is 0.480 e. The van der Waals surface area contributed by atoms with Gasteiger partial charge in [0.1, 0.15) is 17.4 Å². The van der Waals surface area contributed by atoms with Gasteiger partial charge in [-0.25, -0.2) is 9.97 Å². The Morgan fingerprint density at radius 3 is 2.42 bits per heavy atom. The Morgan fingerprint density at radius 2 is 1.79 bits per heavy atom. The van der Waals surface area contributed by atoms with Crippen LogP contribution in [0.5, 0.6) is 5.88 Å². The fraction of sp³-hybridized carbons (Fsp3) is 0.486. The SMILES string of the molecule is COc1nc(CC(N)=O)nc(C)c1-c1ccc(CC2CC2)c(N2CC[C@H](C(=O)N=C(N)c3ccc(C(F)(F)F)nc3C3CC3)CC2C)c1. The molecule has 2 atom stereocenters. The predicted molar refractivity (Wildman–Crippen MR) is 175 cm³/mol. The van der Waals surface area contributed by atoms with Gasteiger partial charge in [0.15, 0.2) is 0 Å². The second-order valence-electron chi connectivity index (χ2n) is 13.2. The van der Waals surface area contributed by atoms with Crippen LogP contribution in [0.4, 0.5) is 18.9 Å². The summed E-state index contributed by atoms with van der Waals surface area (Å²) in [5, 5.41) is 0. The van der Waals surface area contributed by atoms with E-state index < -0.39 is 17.8 Å². The molecule has 1 aliphatic heterocycles. The summed E-state index contributed by atoms with van der Waals surface area (Å²) >= 11 is 0. The van der Waals surface area contributed by atoms with E-state index in [9.17, 15) is 22.8 Å². The predicted octanol–water partition coefficient (Wildman–Crippen LogP) is 5.27. The number of aliphatic imine (C=N–C) groups is 1. The van der Waals surface area contributed by atoms with Crippen molar-refractivity contribution in [1.29, 1.82) is 0 Å². The van der Waals surface area contributed by atoms with Crippen LogP contribution in [-0.4, -0.2) is 52.3 Å². The summed E-state index contributed by atoms with van der Waals surface area (Å²) in [7, 11) is 1.53. The van der Waals surface area contributed by atoms with E-state index in [1.54, 1.807) is 0 Å². The van der Waals surface area contributed by atoms with Crippen LogP contribution < -0.4 is 21.1 Å². The van der Waals surface area contributed by atoms with Crippen LogP contribution in [0, 0.1) is 18.8 Å². The number of hydrogen-bond donors (Lipinski definition) is 2. The van der Waals surface area contributed by atoms with Gasteiger partial charge in [-0.1, -0.05) is 12.1 Å². The molecule has 0 radical (unpaired) electrons. The molecule has 10 nitrogen and oxygen atoms in total. The first-order chi connectivity index (χ1) is 22.8. The van der Waals surface area contributed by atoms with Crippen LogP contribution in [0.3, 0.4) is 0 Å². The standard InChI is InChI=1S/C35H40F3N7O3/c1-18-14-24(33(47)44-32(40)25-10-11-27(35(36,37)38)42-31(25)21-6-7-21)12-13-45(18)26-16-23(9-8-22(26)15-20-4-5-20)30-19(2)41-29(17-28(39)46)43-34(30)48-3/h8-11,16,18,20-21,24H,4-7,12-15,17H2,1-3H3,(H2,39,46)(H2,40,44,47)/t18?,24-/m0/s1. The van der Waals surface area contributed by atoms with Gasteiger partial charge in [-0.2, -0.15) is 23.1 Å². The van der Waals surface area contributed by atoms with E-state index in [2.05, 4.69) is 43.9 Å². The second kappa shape index (κ2) is 13.2. The first-order valence-corrected chi connectivity index (χ1v) is 16.4. The van der Waals surface area contributed by atoms with Crippen LogP contribution in [0.2, 0.25) is 0 Å². The Hall–Kier alpha value is -4.55. The molecule has 2 saturated carbocycles. The third kappa shape index (κ3) is 7.29. The number of pyridine rings is 1. The fourth-order valence-electron chi connectivity index (χ4n) is 6.65. The summed E-state index contributed by atoms with van der Waals surface area (Å²) in [6, 6.07) is 8.48. The number of nitrogens with two attached hydrogens (primary N) is 2. The molecule has 1 unspecified atom stereocenters. The van der Waals surface area contributed by atoms with Gasteiger partial charge >= 0.3 is 6.18 Å². The maximum absolute atomic E-state index is 13.4. The number of aromatic nitrogens is 3. The normalized spacial score (nSPS) is 20.1. The smallest absolute Gasteiger partial charge is 0.433 e. The van der Waals surface area contributed by atoms with Crippen LogP contribution in [-0.2, 0) is 28.6 Å². The molecule has 1 aromatic carbocycles. The lowest BCUT2D eigenvalue weighted by atomic mass is 9.89. The zero-order chi connectivity index (χ0) is 34.3. The quantitative estimate of drug-likeness (QED) is 0.220. The topological polar surface area (TPSA) is 150 Å². The molecule has 3 aromatic rings. The fourth-order valence-corrected chi connectivity index (χ4v) is 6.65. The molecule has 1 saturated heterocycles. The van der Waals surface area contributed by atoms with Crippen molar-refractivity contribution in [2.45, 2.75) is 83.4 Å². The monoisotopic (exact) mass is 663 g/mol. The number of alkyl halides is 3. The number of amidine groups is 1. The number of carbonyl (C=O) groups is 2. The Morgan fingerprint density at radius 1 is 1.04 bits per heavy atom. The van der Waals surface area contributed by atoms with Gasteiger partial charge in [-0.05, 0) is 94.0 Å². The lowest BCUT2D eigenvalue weighted by Crippen LogP contribution is -2.43. The Bertz CT molecular complexity index is 1770. The summed E-state index contributed by atoms with van der Waals surface area (Å²) in [5.74, 6) is -0.182. The number of amides is 2. The number of piperidine rings is 1. The minimum Gasteiger partial charge on any atom is -0.480 e. The molecule has 48 heavy (non-hydrogen) atoms. The molecular weight excluding hydrogens is 623 g/mol. The van der Waals surface area contributed by atoms with Crippen molar-refractivity contribution in [1.82, 2.24) is 15.0 Å². The van der Waals surface area contributed by atoms with E-state index in [4.69, 9.17) is 16.2 Å². The highest BCUT2D eigenvalue weighted by Gasteiger charge is 2.37. The van der Waals surface area contributed by atoms with Crippen molar-refractivity contribution in [3.63, 3.8) is 0 Å². The van der Waals surface area contributed by atoms with Crippen LogP contribution in [0.1, 0.15) is 85.4 Å². The van der Waals surface area contributed by atoms with Gasteiger partial charge in [0.05, 0.1) is 30.5 Å². The first kappa shape index (κ1) is 33.4. The van der Waals surface area contributed by atoms with E-state index in [0.29, 0.717) is 48.3 Å². The van der Waals surface area contributed by atoms with Crippen molar-refractivity contribution < 1.29 is 27.5 Å². The van der Waals surface area contributed by atoms with E-state index in [-0.39, 0.29) is 41.7 Å². The van der Waals surface area contributed by atoms with Gasteiger partial charge in [-0.15, -0.1) is 0 Å². The Balaban J connectivity index is 1.24. The number of carbonyl (C=O) groups excluding carboxylic acids is 2. The van der Waals surface area contributed by atoms with Crippen molar-refractivity contribution in [3.05, 3.63) is 64.4 Å². The molecule has 4 N–H and O–H groups in total. The summed E-state index contributed by atoms with van der Waals surface area (Å²) < 4.78 is 45.6. The van der Waals surface area contributed by atoms with Crippen molar-refractivity contribution >= 4 is 23.3 Å². The van der Waals surface area contributed by atoms with Crippen molar-refractivity contribution in [2.75, 3.05) is 18.6 Å². The molecule has 3 aliphatic rings. The molecule has 3 heterocycles. The molecular formula is C35H40F3N7O3. The first-order valence-electron chi connectivity index (χ1n) is 16.4. The van der Waals surface area contributed by atoms with Gasteiger partial charge in [0, 0.05) is 35.7 Å². The minimum absolute atomic E-state index is 0.00993. The maximum atomic E-state index is 13.4. The number of hydrogen-bond acceptors (Lipinski definition) is 7. The van der Waals surface area contributed by atoms with Crippen LogP contribution in [0.15, 0.2) is 35.3 Å². The molecule has 2 amide bonds. The highest BCUT2D eigenvalue weighted by molar-refractivity contribution is 6.05. The summed E-state index contributed by atoms with van der Waals surface area (Å²) in [6.07, 6.45) is 1.23. The number of ether oxygens (including phenoxy) is 1. The second-order valence-corrected chi connectivity index (χ2v) is 13.2. The summed E-state index contributed by atoms with van der Waals surface area (Å²) in [6.45, 7) is 4.54. The van der Waals surface area contributed by atoms with E-state index in [0.717, 1.165) is 42.1 Å². The van der Waals surface area contributed by atoms with E-state index >= 15 is 0 Å². The molecule has 0 bridgehead atoms. The van der Waals surface area contributed by atoms with Gasteiger partial charge in [-0.3, -0.25) is 9.59 Å². The third-order valence-corrected chi connectivity index (χ3v) is 9.43. The number of nitrogens with zero attached hydrogens (tertiary/aromatic N) is 5. The van der Waals surface area contributed by atoms with Crippen molar-refractivity contribution in [2.24, 2.45) is 28.3 Å². The molecule has 13 heteroatoms. The Labute approximate surface area is 277 Å². The third-order valence-electron chi connectivity index (χ3n) is 9.43. The number of primary amides is 1. The van der Waals surface area contributed by atoms with Gasteiger partial charge < -0.3 is 21.1 Å². The number of halogens is 3. The van der Waals surface area contributed by atoms with Crippen LogP contribution >= 0.6 is 0 Å². The minimum atomic E-state index is -4.57. The molecule has 2 aromatic heterocycles. The highest BCUT2D eigenvalue weighted by Crippen LogP contribution is 2.43. The lowest BCUT2D eigenvalue weighted by Gasteiger charge is -2.39. The molecule has 6 rings (SSSR count). The van der Waals surface area contributed by atoms with Crippen LogP contribution in [0.25, 0.3) is 11.1 Å². The average molecular weight is 664 g/mol. The number of methoxy groups -OCH3 is 1. The number of rotatable bonds is 10. The van der Waals surface area contributed by atoms with E-state index in [1.165, 1.54) is 31.6 Å². The molecule has 2 aliphatic carbocycles. The van der Waals surface area contributed by atoms with Crippen molar-refractivity contribution in [3.8, 4) is 17.0 Å². The lowest BCUT2D eigenvalue weighted by molar-refractivity contribution is -0.141. The zero-order valence-electron chi connectivity index (χ0n) is 27.3. The van der Waals surface area contributed by atoms with E-state index in [1.807, 2.05) is 13.0 Å². The zero-order valence-corrected chi connectivity index (χ0v) is 27.3. The summed E-state index contributed by atoms with van der Waals surface area (Å²) in [4.78, 5) is 44.3. The number of benzene rings is 1. The maximum Gasteiger partial charge on any atom is 0.433 e. The number of aryl methyl sites for hydroxylation is 1. The average Bonchev–Trinajstić information content (AvgIpc) is 3.96. The molecule has 0 spiro atoms. The van der Waals surface area contributed by atoms with Gasteiger partial charge in [0.2, 0.25) is 11.8 Å².